The number of halogens is 1. The van der Waals surface area contributed by atoms with Crippen molar-refractivity contribution >= 4 is 39.9 Å². The number of nitrogens with zero attached hydrogens (tertiary/aromatic N) is 6. The minimum absolute atomic E-state index is 0.101. The largest absolute Gasteiger partial charge is 0.424 e. The van der Waals surface area contributed by atoms with Crippen molar-refractivity contribution in [2.45, 2.75) is 46.0 Å². The molecule has 1 aliphatic heterocycles. The van der Waals surface area contributed by atoms with Gasteiger partial charge in [-0.05, 0) is 60.9 Å². The predicted octanol–water partition coefficient (Wildman–Crippen LogP) is 7.09. The van der Waals surface area contributed by atoms with E-state index in [-0.39, 0.29) is 23.0 Å². The molecule has 1 saturated heterocycles. The standard InChI is InChI=1S/C32H31FN8O3S/c1-19-7-12-23(33)24(14-19)41-27(15-26(39-41)32(2,3)4)38-29(43)37-21-16-34-30(35-17-21)44-22-10-8-20(9-11-22)25-18-36-31(45-25)40-13-5-6-28(40)42/h7-12,14-18H,5-6,13H2,1-4H3,(H2,37,38,43). The molecule has 5 aromatic rings. The normalized spacial score (nSPS) is 13.3. The monoisotopic (exact) mass is 626 g/mol. The van der Waals surface area contributed by atoms with Crippen molar-refractivity contribution in [1.82, 2.24) is 24.7 Å². The second-order valence-corrected chi connectivity index (χ2v) is 12.7. The molecular weight excluding hydrogens is 595 g/mol. The van der Waals surface area contributed by atoms with Crippen LogP contribution >= 0.6 is 11.3 Å². The molecule has 3 amide bonds. The van der Waals surface area contributed by atoms with Crippen molar-refractivity contribution in [2.24, 2.45) is 0 Å². The second-order valence-electron chi connectivity index (χ2n) is 11.6. The summed E-state index contributed by atoms with van der Waals surface area (Å²) in [5, 5.41) is 10.7. The van der Waals surface area contributed by atoms with E-state index in [1.165, 1.54) is 34.5 Å². The van der Waals surface area contributed by atoms with Gasteiger partial charge in [-0.2, -0.15) is 5.10 Å². The fourth-order valence-electron chi connectivity index (χ4n) is 4.68. The fourth-order valence-corrected chi connectivity index (χ4v) is 5.65. The zero-order chi connectivity index (χ0) is 31.7. The van der Waals surface area contributed by atoms with Crippen LogP contribution in [0.5, 0.6) is 11.8 Å². The summed E-state index contributed by atoms with van der Waals surface area (Å²) in [7, 11) is 0. The summed E-state index contributed by atoms with van der Waals surface area (Å²) in [5.74, 6) is 0.492. The number of aryl methyl sites for hydroxylation is 1. The minimum atomic E-state index is -0.571. The number of nitrogens with one attached hydrogen (secondary N) is 2. The van der Waals surface area contributed by atoms with Crippen LogP contribution < -0.4 is 20.3 Å². The molecular formula is C32H31FN8O3S. The van der Waals surface area contributed by atoms with Crippen LogP contribution in [-0.4, -0.2) is 43.2 Å². The summed E-state index contributed by atoms with van der Waals surface area (Å²) in [5.41, 5.74) is 2.72. The van der Waals surface area contributed by atoms with Crippen molar-refractivity contribution in [2.75, 3.05) is 22.1 Å². The first-order valence-corrected chi connectivity index (χ1v) is 15.2. The predicted molar refractivity (Wildman–Crippen MR) is 171 cm³/mol. The summed E-state index contributed by atoms with van der Waals surface area (Å²) in [4.78, 5) is 40.5. The number of hydrogen-bond acceptors (Lipinski definition) is 8. The summed E-state index contributed by atoms with van der Waals surface area (Å²) >= 11 is 1.47. The average Bonchev–Trinajstić information content (AvgIpc) is 3.76. The first kappa shape index (κ1) is 29.9. The minimum Gasteiger partial charge on any atom is -0.424 e. The highest BCUT2D eigenvalue weighted by Crippen LogP contribution is 2.34. The lowest BCUT2D eigenvalue weighted by atomic mass is 9.92. The molecule has 0 bridgehead atoms. The van der Waals surface area contributed by atoms with E-state index in [2.05, 4.69) is 30.7 Å². The number of aromatic nitrogens is 5. The highest BCUT2D eigenvalue weighted by molar-refractivity contribution is 7.19. The molecule has 13 heteroatoms. The Balaban J connectivity index is 1.10. The van der Waals surface area contributed by atoms with E-state index in [4.69, 9.17) is 4.74 Å². The van der Waals surface area contributed by atoms with Crippen LogP contribution in [0.15, 0.2) is 67.1 Å². The molecule has 230 valence electrons. The molecule has 0 spiro atoms. The van der Waals surface area contributed by atoms with Gasteiger partial charge in [0.05, 0.1) is 28.7 Å². The Hall–Kier alpha value is -5.17. The summed E-state index contributed by atoms with van der Waals surface area (Å²) in [6.45, 7) is 8.53. The quantitative estimate of drug-likeness (QED) is 0.197. The van der Waals surface area contributed by atoms with Gasteiger partial charge < -0.3 is 10.1 Å². The number of hydrogen-bond donors (Lipinski definition) is 2. The van der Waals surface area contributed by atoms with Gasteiger partial charge in [0.25, 0.3) is 0 Å². The number of anilines is 3. The molecule has 3 aromatic heterocycles. The molecule has 6 rings (SSSR count). The molecule has 0 unspecified atom stereocenters. The van der Waals surface area contributed by atoms with Gasteiger partial charge >= 0.3 is 12.0 Å². The van der Waals surface area contributed by atoms with Gasteiger partial charge in [-0.15, -0.1) is 0 Å². The first-order chi connectivity index (χ1) is 21.5. The molecule has 0 saturated carbocycles. The summed E-state index contributed by atoms with van der Waals surface area (Å²) < 4.78 is 21.9. The van der Waals surface area contributed by atoms with E-state index in [0.29, 0.717) is 41.0 Å². The number of thiazole rings is 1. The molecule has 45 heavy (non-hydrogen) atoms. The number of rotatable bonds is 7. The third-order valence-corrected chi connectivity index (χ3v) is 8.15. The van der Waals surface area contributed by atoms with E-state index < -0.39 is 11.8 Å². The Morgan fingerprint density at radius 1 is 1.00 bits per heavy atom. The van der Waals surface area contributed by atoms with Gasteiger partial charge in [0.1, 0.15) is 23.1 Å². The number of carbonyl (C=O) groups excluding carboxylic acids is 2. The third-order valence-electron chi connectivity index (χ3n) is 7.08. The zero-order valence-electron chi connectivity index (χ0n) is 25.2. The van der Waals surface area contributed by atoms with Crippen molar-refractivity contribution in [3.63, 3.8) is 0 Å². The Morgan fingerprint density at radius 3 is 2.44 bits per heavy atom. The van der Waals surface area contributed by atoms with Crippen molar-refractivity contribution in [3.05, 3.63) is 84.2 Å². The molecule has 2 aromatic carbocycles. The van der Waals surface area contributed by atoms with Crippen molar-refractivity contribution in [3.8, 4) is 27.9 Å². The first-order valence-electron chi connectivity index (χ1n) is 14.3. The highest BCUT2D eigenvalue weighted by Gasteiger charge is 2.25. The van der Waals surface area contributed by atoms with E-state index >= 15 is 0 Å². The molecule has 0 aliphatic carbocycles. The Morgan fingerprint density at radius 2 is 1.76 bits per heavy atom. The van der Waals surface area contributed by atoms with Crippen LogP contribution in [0.25, 0.3) is 16.1 Å². The molecule has 1 aliphatic rings. The number of ether oxygens (including phenoxy) is 1. The van der Waals surface area contributed by atoms with Crippen LogP contribution in [0, 0.1) is 12.7 Å². The lowest BCUT2D eigenvalue weighted by Crippen LogP contribution is -2.23. The van der Waals surface area contributed by atoms with Crippen LogP contribution in [0.1, 0.15) is 44.9 Å². The van der Waals surface area contributed by atoms with E-state index in [0.717, 1.165) is 22.4 Å². The second kappa shape index (κ2) is 12.1. The zero-order valence-corrected chi connectivity index (χ0v) is 26.0. The van der Waals surface area contributed by atoms with Crippen LogP contribution in [-0.2, 0) is 10.2 Å². The van der Waals surface area contributed by atoms with E-state index in [1.54, 1.807) is 41.4 Å². The van der Waals surface area contributed by atoms with Crippen LogP contribution in [0.2, 0.25) is 0 Å². The lowest BCUT2D eigenvalue weighted by Gasteiger charge is -2.14. The topological polar surface area (TPSA) is 127 Å². The van der Waals surface area contributed by atoms with Crippen molar-refractivity contribution < 1.29 is 18.7 Å². The Bertz CT molecular complexity index is 1860. The number of amides is 3. The van der Waals surface area contributed by atoms with Gasteiger partial charge in [-0.25, -0.2) is 28.8 Å². The smallest absolute Gasteiger partial charge is 0.324 e. The third kappa shape index (κ3) is 6.68. The molecule has 1 fully saturated rings. The molecule has 11 nitrogen and oxygen atoms in total. The lowest BCUT2D eigenvalue weighted by molar-refractivity contribution is -0.117. The number of benzene rings is 2. The van der Waals surface area contributed by atoms with Gasteiger partial charge in [0.2, 0.25) is 5.91 Å². The maximum atomic E-state index is 14.8. The van der Waals surface area contributed by atoms with Gasteiger partial charge in [0.15, 0.2) is 5.13 Å². The maximum Gasteiger partial charge on any atom is 0.324 e. The van der Waals surface area contributed by atoms with Crippen LogP contribution in [0.3, 0.4) is 0 Å². The molecule has 0 radical (unpaired) electrons. The molecule has 4 heterocycles. The number of urea groups is 1. The van der Waals surface area contributed by atoms with Gasteiger partial charge in [-0.1, -0.05) is 38.2 Å². The summed E-state index contributed by atoms with van der Waals surface area (Å²) in [6, 6.07) is 13.4. The number of carbonyl (C=O) groups is 2. The van der Waals surface area contributed by atoms with Gasteiger partial charge in [-0.3, -0.25) is 15.0 Å². The van der Waals surface area contributed by atoms with E-state index in [9.17, 15) is 14.0 Å². The Kier molecular flexibility index (Phi) is 8.02. The highest BCUT2D eigenvalue weighted by atomic mass is 32.1. The fraction of sp³-hybridized carbons (Fsp3) is 0.250. The summed E-state index contributed by atoms with van der Waals surface area (Å²) in [6.07, 6.45) is 6.03. The van der Waals surface area contributed by atoms with E-state index in [1.807, 2.05) is 39.8 Å². The SMILES string of the molecule is Cc1ccc(F)c(-n2nc(C(C)(C)C)cc2NC(=O)Nc2cnc(Oc3ccc(-c4cnc(N5CCCC5=O)s4)cc3)nc2)c1. The Labute approximate surface area is 263 Å². The maximum absolute atomic E-state index is 14.8. The van der Waals surface area contributed by atoms with Crippen LogP contribution in [0.4, 0.5) is 25.8 Å². The molecule has 0 atom stereocenters. The molecule has 2 N–H and O–H groups in total. The van der Waals surface area contributed by atoms with Gasteiger partial charge in [0, 0.05) is 30.6 Å². The average molecular weight is 627 g/mol. The van der Waals surface area contributed by atoms with Crippen molar-refractivity contribution in [1.29, 1.82) is 0 Å².